The first-order valence-corrected chi connectivity index (χ1v) is 9.56. The Morgan fingerprint density at radius 3 is 2.67 bits per heavy atom. The highest BCUT2D eigenvalue weighted by Gasteiger charge is 2.51. The van der Waals surface area contributed by atoms with Crippen molar-refractivity contribution in [1.29, 1.82) is 0 Å². The summed E-state index contributed by atoms with van der Waals surface area (Å²) in [5.74, 6) is -2.54. The van der Waals surface area contributed by atoms with Crippen LogP contribution in [0.1, 0.15) is 10.4 Å². The zero-order valence-corrected chi connectivity index (χ0v) is 15.2. The number of hydrogen-bond acceptors (Lipinski definition) is 8. The number of aliphatic carboxylic acids is 1. The summed E-state index contributed by atoms with van der Waals surface area (Å²) >= 11 is 2.51. The van der Waals surface area contributed by atoms with Crippen LogP contribution in [0.4, 0.5) is 5.69 Å². The Morgan fingerprint density at radius 2 is 2.07 bits per heavy atom. The number of rotatable bonds is 6. The molecule has 27 heavy (non-hydrogen) atoms. The number of β-lactam (4-membered cyclic amide) rings is 1. The molecule has 10 nitrogen and oxygen atoms in total. The van der Waals surface area contributed by atoms with E-state index in [4.69, 9.17) is 10.8 Å². The maximum Gasteiger partial charge on any atom is 0.352 e. The molecule has 2 aliphatic rings. The van der Waals surface area contributed by atoms with Crippen molar-refractivity contribution in [3.8, 4) is 0 Å². The van der Waals surface area contributed by atoms with Crippen molar-refractivity contribution in [2.75, 3.05) is 11.5 Å². The van der Waals surface area contributed by atoms with E-state index in [9.17, 15) is 29.6 Å². The molecule has 3 rings (SSSR count). The largest absolute Gasteiger partial charge is 0.477 e. The van der Waals surface area contributed by atoms with Gasteiger partial charge in [-0.15, -0.1) is 23.5 Å². The summed E-state index contributed by atoms with van der Waals surface area (Å²) in [5, 5.41) is 29.1. The van der Waals surface area contributed by atoms with Gasteiger partial charge in [0.2, 0.25) is 5.91 Å². The smallest absolute Gasteiger partial charge is 0.352 e. The number of amides is 1. The Hall–Kier alpha value is -2.57. The van der Waals surface area contributed by atoms with E-state index >= 15 is 0 Å². The molecule has 4 N–H and O–H groups in total. The molecular formula is C15H13N3O7S2. The van der Waals surface area contributed by atoms with Gasteiger partial charge in [0.05, 0.1) is 4.92 Å². The molecule has 1 aromatic carbocycles. The van der Waals surface area contributed by atoms with Crippen LogP contribution in [0.15, 0.2) is 34.4 Å². The van der Waals surface area contributed by atoms with Crippen molar-refractivity contribution in [2.24, 2.45) is 5.73 Å². The predicted molar refractivity (Wildman–Crippen MR) is 96.5 cm³/mol. The van der Waals surface area contributed by atoms with E-state index in [0.717, 1.165) is 17.8 Å². The average Bonchev–Trinajstić information content (AvgIpc) is 2.64. The molecule has 0 aliphatic carbocycles. The number of carboxylic acid groups (broad SMARTS) is 2. The average molecular weight is 411 g/mol. The molecule has 0 spiro atoms. The first-order valence-electron chi connectivity index (χ1n) is 7.52. The van der Waals surface area contributed by atoms with E-state index in [-0.39, 0.29) is 11.4 Å². The number of nitro benzene ring substituents is 1. The predicted octanol–water partition coefficient (Wildman–Crippen LogP) is 0.966. The topological polar surface area (TPSA) is 164 Å². The number of carbonyl (C=O) groups excluding carboxylic acids is 1. The second kappa shape index (κ2) is 7.21. The maximum absolute atomic E-state index is 11.9. The van der Waals surface area contributed by atoms with Crippen molar-refractivity contribution < 1.29 is 29.5 Å². The molecule has 0 saturated carbocycles. The summed E-state index contributed by atoms with van der Waals surface area (Å²) in [6.07, 6.45) is 0. The van der Waals surface area contributed by atoms with Crippen molar-refractivity contribution in [3.63, 3.8) is 0 Å². The van der Waals surface area contributed by atoms with Gasteiger partial charge in [0.25, 0.3) is 5.69 Å². The lowest BCUT2D eigenvalue weighted by Crippen LogP contribution is -2.68. The van der Waals surface area contributed by atoms with Crippen LogP contribution in [0.5, 0.6) is 0 Å². The molecule has 142 valence electrons. The van der Waals surface area contributed by atoms with Crippen molar-refractivity contribution in [2.45, 2.75) is 16.3 Å². The van der Waals surface area contributed by atoms with Gasteiger partial charge < -0.3 is 15.9 Å². The summed E-state index contributed by atoms with van der Waals surface area (Å²) in [6.45, 7) is 0. The summed E-state index contributed by atoms with van der Waals surface area (Å²) in [7, 11) is 0. The van der Waals surface area contributed by atoms with Crippen LogP contribution in [-0.4, -0.2) is 60.8 Å². The monoisotopic (exact) mass is 411 g/mol. The highest BCUT2D eigenvalue weighted by molar-refractivity contribution is 8.01. The number of nitrogens with zero attached hydrogens (tertiary/aromatic N) is 2. The zero-order valence-electron chi connectivity index (χ0n) is 13.5. The first-order chi connectivity index (χ1) is 12.7. The van der Waals surface area contributed by atoms with Crippen LogP contribution in [0.25, 0.3) is 0 Å². The van der Waals surface area contributed by atoms with E-state index in [1.54, 1.807) is 0 Å². The molecule has 1 fully saturated rings. The number of nitro groups is 1. The highest BCUT2D eigenvalue weighted by atomic mass is 32.2. The standard InChI is InChI=1S/C15H13N3O7S2/c16-10-12(19)17-11(15(22)23)6(5-27-13(10)17)4-26-7-1-2-9(18(24)25)8(3-7)14(20)21/h1-3,10,13H,4-5,16H2,(H,20,21)(H,22,23)/t10?,13-/m0/s1. The number of fused-ring (bicyclic) bond motifs is 1. The third-order valence-corrected chi connectivity index (χ3v) is 6.54. The maximum atomic E-state index is 11.9. The summed E-state index contributed by atoms with van der Waals surface area (Å²) < 4.78 is 0. The normalized spacial score (nSPS) is 21.5. The van der Waals surface area contributed by atoms with Crippen LogP contribution >= 0.6 is 23.5 Å². The molecule has 1 saturated heterocycles. The fourth-order valence-corrected chi connectivity index (χ4v) is 5.16. The number of hydrogen-bond donors (Lipinski definition) is 3. The van der Waals surface area contributed by atoms with Crippen LogP contribution in [-0.2, 0) is 9.59 Å². The van der Waals surface area contributed by atoms with E-state index in [1.165, 1.54) is 28.8 Å². The van der Waals surface area contributed by atoms with Crippen molar-refractivity contribution in [3.05, 3.63) is 45.1 Å². The Kier molecular flexibility index (Phi) is 5.13. The van der Waals surface area contributed by atoms with Gasteiger partial charge in [-0.2, -0.15) is 0 Å². The number of carbonyl (C=O) groups is 3. The Balaban J connectivity index is 1.84. The number of thioether (sulfide) groups is 2. The van der Waals surface area contributed by atoms with E-state index in [1.807, 2.05) is 0 Å². The molecule has 0 aromatic heterocycles. The van der Waals surface area contributed by atoms with Gasteiger partial charge in [-0.3, -0.25) is 19.8 Å². The first kappa shape index (κ1) is 19.2. The van der Waals surface area contributed by atoms with Gasteiger partial charge in [0, 0.05) is 22.5 Å². The molecule has 12 heteroatoms. The molecular weight excluding hydrogens is 398 g/mol. The molecule has 0 bridgehead atoms. The summed E-state index contributed by atoms with van der Waals surface area (Å²) in [5.41, 5.74) is 5.13. The van der Waals surface area contributed by atoms with E-state index in [2.05, 4.69) is 0 Å². The quantitative estimate of drug-likeness (QED) is 0.266. The second-order valence-corrected chi connectivity index (χ2v) is 7.88. The van der Waals surface area contributed by atoms with Gasteiger partial charge in [0.15, 0.2) is 0 Å². The molecule has 2 atom stereocenters. The Bertz CT molecular complexity index is 901. The van der Waals surface area contributed by atoms with Gasteiger partial charge in [-0.25, -0.2) is 9.59 Å². The summed E-state index contributed by atoms with van der Waals surface area (Å²) in [6, 6.07) is 2.96. The lowest BCUT2D eigenvalue weighted by atomic mass is 10.0. The fourth-order valence-electron chi connectivity index (χ4n) is 2.80. The third kappa shape index (κ3) is 3.38. The van der Waals surface area contributed by atoms with Gasteiger partial charge in [0.1, 0.15) is 22.7 Å². The molecule has 2 aliphatic heterocycles. The van der Waals surface area contributed by atoms with Crippen molar-refractivity contribution >= 4 is 47.1 Å². The van der Waals surface area contributed by atoms with Crippen LogP contribution in [0, 0.1) is 10.1 Å². The SMILES string of the molecule is NC1C(=O)N2C(C(=O)O)=C(CSc3ccc([N+](=O)[O-])c(C(=O)O)c3)CS[C@@H]12. The second-order valence-electron chi connectivity index (χ2n) is 5.72. The van der Waals surface area contributed by atoms with E-state index in [0.29, 0.717) is 16.2 Å². The molecule has 1 aromatic rings. The zero-order chi connectivity index (χ0) is 19.9. The molecule has 0 radical (unpaired) electrons. The minimum atomic E-state index is -1.43. The number of carboxylic acids is 2. The minimum Gasteiger partial charge on any atom is -0.477 e. The number of aromatic carboxylic acids is 1. The van der Waals surface area contributed by atoms with Gasteiger partial charge in [-0.1, -0.05) is 0 Å². The number of benzene rings is 1. The number of nitrogens with two attached hydrogens (primary N) is 1. The Labute approximate surface area is 160 Å². The lowest BCUT2D eigenvalue weighted by molar-refractivity contribution is -0.385. The third-order valence-electron chi connectivity index (χ3n) is 4.10. The summed E-state index contributed by atoms with van der Waals surface area (Å²) in [4.78, 5) is 46.5. The van der Waals surface area contributed by atoms with Crippen LogP contribution in [0.3, 0.4) is 0 Å². The molecule has 1 unspecified atom stereocenters. The van der Waals surface area contributed by atoms with Crippen LogP contribution in [0.2, 0.25) is 0 Å². The molecule has 2 heterocycles. The van der Waals surface area contributed by atoms with Gasteiger partial charge >= 0.3 is 11.9 Å². The Morgan fingerprint density at radius 1 is 1.37 bits per heavy atom. The fraction of sp³-hybridized carbons (Fsp3) is 0.267. The lowest BCUT2D eigenvalue weighted by Gasteiger charge is -2.48. The minimum absolute atomic E-state index is 0.0988. The van der Waals surface area contributed by atoms with Crippen LogP contribution < -0.4 is 5.73 Å². The van der Waals surface area contributed by atoms with E-state index < -0.39 is 45.4 Å². The van der Waals surface area contributed by atoms with Crippen molar-refractivity contribution in [1.82, 2.24) is 4.90 Å². The van der Waals surface area contributed by atoms with Gasteiger partial charge in [-0.05, 0) is 17.7 Å². The molecule has 1 amide bonds. The highest BCUT2D eigenvalue weighted by Crippen LogP contribution is 2.41.